The Morgan fingerprint density at radius 3 is 2.61 bits per heavy atom. The summed E-state index contributed by atoms with van der Waals surface area (Å²) >= 11 is 0. The number of nitrogens with zero attached hydrogens (tertiary/aromatic N) is 4. The summed E-state index contributed by atoms with van der Waals surface area (Å²) in [4.78, 5) is 15.8. The van der Waals surface area contributed by atoms with E-state index in [9.17, 15) is 9.90 Å². The predicted molar refractivity (Wildman–Crippen MR) is 102 cm³/mol. The van der Waals surface area contributed by atoms with E-state index in [1.165, 1.54) is 0 Å². The highest BCUT2D eigenvalue weighted by Gasteiger charge is 2.32. The zero-order chi connectivity index (χ0) is 19.1. The Morgan fingerprint density at radius 2 is 1.86 bits per heavy atom. The summed E-state index contributed by atoms with van der Waals surface area (Å²) in [6.07, 6.45) is 3.79. The third kappa shape index (κ3) is 2.85. The maximum Gasteiger partial charge on any atom is 0.306 e. The zero-order valence-electron chi connectivity index (χ0n) is 15.0. The minimum absolute atomic E-state index is 0.0651. The molecule has 2 aromatic heterocycles. The van der Waals surface area contributed by atoms with E-state index in [2.05, 4.69) is 15.3 Å². The summed E-state index contributed by atoms with van der Waals surface area (Å²) in [5.41, 5.74) is 4.35. The highest BCUT2D eigenvalue weighted by atomic mass is 16.4. The van der Waals surface area contributed by atoms with E-state index in [1.54, 1.807) is 6.20 Å². The molecular weight excluding hydrogens is 356 g/mol. The van der Waals surface area contributed by atoms with Gasteiger partial charge in [-0.05, 0) is 43.5 Å². The summed E-state index contributed by atoms with van der Waals surface area (Å²) in [6.45, 7) is 0. The maximum atomic E-state index is 11.2. The van der Waals surface area contributed by atoms with Crippen molar-refractivity contribution in [3.63, 3.8) is 0 Å². The molecule has 2 heterocycles. The largest absolute Gasteiger partial charge is 0.481 e. The molecule has 2 atom stereocenters. The summed E-state index contributed by atoms with van der Waals surface area (Å²) in [7, 11) is 0. The first-order valence-corrected chi connectivity index (χ1v) is 9.28. The van der Waals surface area contributed by atoms with Crippen LogP contribution in [0.25, 0.3) is 33.8 Å². The van der Waals surface area contributed by atoms with Gasteiger partial charge < -0.3 is 9.52 Å². The molecule has 2 aromatic carbocycles. The quantitative estimate of drug-likeness (QED) is 0.576. The number of hydrogen-bond donors (Lipinski definition) is 1. The standard InChI is InChI=1S/C21H18N4O3/c26-21(27)15-9-10-16(11-15)25-18(12-22-24-25)13-5-7-14(8-6-13)20-23-17-3-1-2-4-19(17)28-20/h1-8,12,15-16H,9-11H2,(H,26,27)/t15-,16+/m0/s1. The number of rotatable bonds is 4. The van der Waals surface area contributed by atoms with Crippen molar-refractivity contribution in [3.8, 4) is 22.7 Å². The van der Waals surface area contributed by atoms with E-state index in [4.69, 9.17) is 4.42 Å². The summed E-state index contributed by atoms with van der Waals surface area (Å²) < 4.78 is 7.69. The highest BCUT2D eigenvalue weighted by molar-refractivity contribution is 5.76. The van der Waals surface area contributed by atoms with Crippen molar-refractivity contribution in [1.82, 2.24) is 20.0 Å². The zero-order valence-corrected chi connectivity index (χ0v) is 15.0. The molecule has 28 heavy (non-hydrogen) atoms. The Labute approximate surface area is 160 Å². The molecule has 5 rings (SSSR count). The molecule has 0 saturated heterocycles. The van der Waals surface area contributed by atoms with Crippen molar-refractivity contribution >= 4 is 17.1 Å². The number of carboxylic acids is 1. The van der Waals surface area contributed by atoms with Crippen LogP contribution in [0.1, 0.15) is 25.3 Å². The first kappa shape index (κ1) is 16.7. The van der Waals surface area contributed by atoms with Gasteiger partial charge in [-0.1, -0.05) is 29.5 Å². The first-order chi connectivity index (χ1) is 13.7. The number of carboxylic acid groups (broad SMARTS) is 1. The molecule has 1 N–H and O–H groups in total. The average Bonchev–Trinajstić information content (AvgIpc) is 3.46. The number of aromatic nitrogens is 4. The van der Waals surface area contributed by atoms with Crippen molar-refractivity contribution in [2.45, 2.75) is 25.3 Å². The number of fused-ring (bicyclic) bond motifs is 1. The Bertz CT molecular complexity index is 1110. The molecule has 1 saturated carbocycles. The van der Waals surface area contributed by atoms with Crippen LogP contribution in [0.3, 0.4) is 0 Å². The molecule has 7 nitrogen and oxygen atoms in total. The number of para-hydroxylation sites is 2. The molecule has 140 valence electrons. The lowest BCUT2D eigenvalue weighted by atomic mass is 10.1. The lowest BCUT2D eigenvalue weighted by Gasteiger charge is -2.13. The van der Waals surface area contributed by atoms with Gasteiger partial charge in [-0.15, -0.1) is 5.10 Å². The van der Waals surface area contributed by atoms with Gasteiger partial charge in [-0.3, -0.25) is 4.79 Å². The van der Waals surface area contributed by atoms with Crippen LogP contribution in [0.2, 0.25) is 0 Å². The van der Waals surface area contributed by atoms with E-state index in [-0.39, 0.29) is 12.0 Å². The average molecular weight is 374 g/mol. The Balaban J connectivity index is 1.42. The van der Waals surface area contributed by atoms with E-state index in [0.717, 1.165) is 34.3 Å². The first-order valence-electron chi connectivity index (χ1n) is 9.28. The number of hydrogen-bond acceptors (Lipinski definition) is 5. The highest BCUT2D eigenvalue weighted by Crippen LogP contribution is 2.37. The number of carbonyl (C=O) groups is 1. The number of oxazole rings is 1. The molecule has 0 aliphatic heterocycles. The lowest BCUT2D eigenvalue weighted by Crippen LogP contribution is -2.13. The van der Waals surface area contributed by atoms with Crippen molar-refractivity contribution in [2.75, 3.05) is 0 Å². The van der Waals surface area contributed by atoms with Crippen molar-refractivity contribution in [2.24, 2.45) is 5.92 Å². The monoisotopic (exact) mass is 374 g/mol. The normalized spacial score (nSPS) is 19.3. The second-order valence-electron chi connectivity index (χ2n) is 7.13. The van der Waals surface area contributed by atoms with E-state index >= 15 is 0 Å². The number of benzene rings is 2. The van der Waals surface area contributed by atoms with Crippen LogP contribution in [-0.2, 0) is 4.79 Å². The fourth-order valence-corrected chi connectivity index (χ4v) is 3.90. The van der Waals surface area contributed by atoms with Gasteiger partial charge in [0, 0.05) is 11.1 Å². The smallest absolute Gasteiger partial charge is 0.306 e. The number of aliphatic carboxylic acids is 1. The third-order valence-corrected chi connectivity index (χ3v) is 5.40. The van der Waals surface area contributed by atoms with Crippen molar-refractivity contribution < 1.29 is 14.3 Å². The molecular formula is C21H18N4O3. The molecule has 4 aromatic rings. The van der Waals surface area contributed by atoms with E-state index in [0.29, 0.717) is 18.7 Å². The van der Waals surface area contributed by atoms with Gasteiger partial charge in [0.2, 0.25) is 5.89 Å². The van der Waals surface area contributed by atoms with Crippen molar-refractivity contribution in [1.29, 1.82) is 0 Å². The fourth-order valence-electron chi connectivity index (χ4n) is 3.90. The summed E-state index contributed by atoms with van der Waals surface area (Å²) in [5.74, 6) is -0.449. The fraction of sp³-hybridized carbons (Fsp3) is 0.238. The van der Waals surface area contributed by atoms with Crippen LogP contribution < -0.4 is 0 Å². The van der Waals surface area contributed by atoms with Gasteiger partial charge in [0.1, 0.15) is 5.52 Å². The van der Waals surface area contributed by atoms with Crippen LogP contribution >= 0.6 is 0 Å². The van der Waals surface area contributed by atoms with Gasteiger partial charge >= 0.3 is 5.97 Å². The second-order valence-corrected chi connectivity index (χ2v) is 7.13. The lowest BCUT2D eigenvalue weighted by molar-refractivity contribution is -0.141. The Kier molecular flexibility index (Phi) is 3.93. The topological polar surface area (TPSA) is 94.0 Å². The van der Waals surface area contributed by atoms with Gasteiger partial charge in [0.05, 0.1) is 23.9 Å². The molecule has 1 fully saturated rings. The maximum absolute atomic E-state index is 11.2. The van der Waals surface area contributed by atoms with Gasteiger partial charge in [0.15, 0.2) is 5.58 Å². The predicted octanol–water partition coefficient (Wildman–Crippen LogP) is 4.18. The van der Waals surface area contributed by atoms with Crippen LogP contribution in [-0.4, -0.2) is 31.1 Å². The molecule has 0 spiro atoms. The minimum atomic E-state index is -0.730. The van der Waals surface area contributed by atoms with E-state index < -0.39 is 5.97 Å². The molecule has 0 amide bonds. The van der Waals surface area contributed by atoms with Gasteiger partial charge in [-0.25, -0.2) is 9.67 Å². The molecule has 1 aliphatic carbocycles. The molecule has 0 radical (unpaired) electrons. The summed E-state index contributed by atoms with van der Waals surface area (Å²) in [6, 6.07) is 15.7. The van der Waals surface area contributed by atoms with Crippen molar-refractivity contribution in [3.05, 3.63) is 54.7 Å². The van der Waals surface area contributed by atoms with Gasteiger partial charge in [0.25, 0.3) is 0 Å². The van der Waals surface area contributed by atoms with Crippen LogP contribution in [0.4, 0.5) is 0 Å². The second kappa shape index (κ2) is 6.60. The third-order valence-electron chi connectivity index (χ3n) is 5.40. The molecule has 0 unspecified atom stereocenters. The molecule has 1 aliphatic rings. The van der Waals surface area contributed by atoms with E-state index in [1.807, 2.05) is 53.2 Å². The SMILES string of the molecule is O=C(O)[C@H]1CC[C@@H](n2nncc2-c2ccc(-c3nc4ccccc4o3)cc2)C1. The Hall–Kier alpha value is -3.48. The van der Waals surface area contributed by atoms with Gasteiger partial charge in [-0.2, -0.15) is 0 Å². The van der Waals surface area contributed by atoms with Crippen LogP contribution in [0.15, 0.2) is 59.1 Å². The Morgan fingerprint density at radius 1 is 1.07 bits per heavy atom. The minimum Gasteiger partial charge on any atom is -0.481 e. The molecule has 7 heteroatoms. The molecule has 0 bridgehead atoms. The van der Waals surface area contributed by atoms with Crippen LogP contribution in [0, 0.1) is 5.92 Å². The van der Waals surface area contributed by atoms with Crippen LogP contribution in [0.5, 0.6) is 0 Å². The summed E-state index contributed by atoms with van der Waals surface area (Å²) in [5, 5.41) is 17.5.